The first-order valence-corrected chi connectivity index (χ1v) is 10.4. The number of aryl methyl sites for hydroxylation is 1. The van der Waals surface area contributed by atoms with E-state index in [-0.39, 0.29) is 0 Å². The summed E-state index contributed by atoms with van der Waals surface area (Å²) in [7, 11) is 0. The molecule has 8 nitrogen and oxygen atoms in total. The van der Waals surface area contributed by atoms with Gasteiger partial charge in [-0.3, -0.25) is 9.67 Å². The second-order valence-corrected chi connectivity index (χ2v) is 8.04. The summed E-state index contributed by atoms with van der Waals surface area (Å²) in [5.74, 6) is 2.04. The van der Waals surface area contributed by atoms with Crippen LogP contribution in [0.2, 0.25) is 5.02 Å². The average molecular weight is 432 g/mol. The number of nitrogens with one attached hydrogen (secondary N) is 2. The first-order valence-electron chi connectivity index (χ1n) is 9.98. The van der Waals surface area contributed by atoms with Crippen molar-refractivity contribution in [1.82, 2.24) is 35.0 Å². The Bertz CT molecular complexity index is 1440. The lowest BCUT2D eigenvalue weighted by Gasteiger charge is -2.10. The first-order chi connectivity index (χ1) is 15.1. The van der Waals surface area contributed by atoms with Gasteiger partial charge in [-0.05, 0) is 31.2 Å². The third-order valence-corrected chi connectivity index (χ3v) is 5.61. The Labute approximate surface area is 182 Å². The van der Waals surface area contributed by atoms with E-state index in [1.807, 2.05) is 48.1 Å². The van der Waals surface area contributed by atoms with Crippen LogP contribution in [0.15, 0.2) is 48.9 Å². The second-order valence-electron chi connectivity index (χ2n) is 7.66. The lowest BCUT2D eigenvalue weighted by atomic mass is 10.2. The van der Waals surface area contributed by atoms with Crippen molar-refractivity contribution in [2.75, 3.05) is 6.54 Å². The van der Waals surface area contributed by atoms with Crippen LogP contribution in [0, 0.1) is 6.92 Å². The monoisotopic (exact) mass is 431 g/mol. The molecule has 0 radical (unpaired) electrons. The number of H-pyrrole nitrogens is 1. The Morgan fingerprint density at radius 3 is 2.90 bits per heavy atom. The number of hydrogen-bond acceptors (Lipinski definition) is 6. The molecule has 1 aliphatic heterocycles. The molecule has 3 aromatic heterocycles. The van der Waals surface area contributed by atoms with Gasteiger partial charge in [0.1, 0.15) is 27.9 Å². The Kier molecular flexibility index (Phi) is 4.15. The van der Waals surface area contributed by atoms with Gasteiger partial charge in [0.25, 0.3) is 0 Å². The highest BCUT2D eigenvalue weighted by atomic mass is 35.5. The van der Waals surface area contributed by atoms with Crippen LogP contribution in [0.3, 0.4) is 0 Å². The van der Waals surface area contributed by atoms with Crippen molar-refractivity contribution in [2.24, 2.45) is 0 Å². The van der Waals surface area contributed by atoms with Crippen molar-refractivity contribution < 1.29 is 4.74 Å². The van der Waals surface area contributed by atoms with Gasteiger partial charge in [-0.2, -0.15) is 5.10 Å². The summed E-state index contributed by atoms with van der Waals surface area (Å²) in [6.45, 7) is 3.81. The van der Waals surface area contributed by atoms with Crippen LogP contribution in [-0.2, 0) is 6.54 Å². The van der Waals surface area contributed by atoms with Gasteiger partial charge in [-0.1, -0.05) is 11.6 Å². The van der Waals surface area contributed by atoms with Crippen LogP contribution in [0.5, 0.6) is 11.5 Å². The van der Waals surface area contributed by atoms with Crippen LogP contribution in [0.25, 0.3) is 33.3 Å². The number of rotatable bonds is 5. The highest BCUT2D eigenvalue weighted by Gasteiger charge is 2.21. The SMILES string of the molecule is Cc1nc2ccc(Oc3ccc4ncc(-c5cnn(CC6CN6)c5)nc4c3Cl)cc2[nH]1. The normalized spacial score (nSPS) is 15.6. The minimum atomic E-state index is 0.419. The van der Waals surface area contributed by atoms with Gasteiger partial charge in [0, 0.05) is 30.4 Å². The number of fused-ring (bicyclic) bond motifs is 2. The molecular weight excluding hydrogens is 414 g/mol. The van der Waals surface area contributed by atoms with Crippen molar-refractivity contribution in [1.29, 1.82) is 0 Å². The van der Waals surface area contributed by atoms with E-state index >= 15 is 0 Å². The zero-order valence-corrected chi connectivity index (χ0v) is 17.4. The summed E-state index contributed by atoms with van der Waals surface area (Å²) >= 11 is 6.68. The number of aromatic nitrogens is 6. The molecule has 5 aromatic rings. The first kappa shape index (κ1) is 18.3. The van der Waals surface area contributed by atoms with E-state index in [4.69, 9.17) is 21.3 Å². The average Bonchev–Trinajstić information content (AvgIpc) is 3.31. The van der Waals surface area contributed by atoms with Crippen molar-refractivity contribution in [3.05, 3.63) is 59.8 Å². The predicted octanol–water partition coefficient (Wildman–Crippen LogP) is 4.10. The largest absolute Gasteiger partial charge is 0.456 e. The second kappa shape index (κ2) is 7.04. The quantitative estimate of drug-likeness (QED) is 0.406. The molecule has 154 valence electrons. The summed E-state index contributed by atoms with van der Waals surface area (Å²) in [6, 6.07) is 9.86. The maximum absolute atomic E-state index is 6.68. The number of ether oxygens (including phenoxy) is 1. The fraction of sp³-hybridized carbons (Fsp3) is 0.182. The van der Waals surface area contributed by atoms with Gasteiger partial charge in [-0.25, -0.2) is 9.97 Å². The van der Waals surface area contributed by atoms with E-state index in [9.17, 15) is 0 Å². The molecule has 1 saturated heterocycles. The molecule has 0 aliphatic carbocycles. The minimum Gasteiger partial charge on any atom is -0.456 e. The molecule has 1 atom stereocenters. The molecule has 0 spiro atoms. The van der Waals surface area contributed by atoms with Crippen LogP contribution in [-0.4, -0.2) is 42.3 Å². The van der Waals surface area contributed by atoms with E-state index in [0.717, 1.165) is 41.2 Å². The van der Waals surface area contributed by atoms with Crippen molar-refractivity contribution in [2.45, 2.75) is 19.5 Å². The van der Waals surface area contributed by atoms with Crippen LogP contribution in [0.1, 0.15) is 5.82 Å². The Hall–Kier alpha value is -3.49. The zero-order valence-electron chi connectivity index (χ0n) is 16.6. The van der Waals surface area contributed by atoms with Crippen LogP contribution in [0.4, 0.5) is 0 Å². The van der Waals surface area contributed by atoms with Crippen LogP contribution >= 0.6 is 11.6 Å². The molecule has 1 fully saturated rings. The highest BCUT2D eigenvalue weighted by Crippen LogP contribution is 2.35. The Morgan fingerprint density at radius 1 is 1.16 bits per heavy atom. The zero-order chi connectivity index (χ0) is 20.9. The van der Waals surface area contributed by atoms with Crippen molar-refractivity contribution >= 4 is 33.7 Å². The molecule has 2 N–H and O–H groups in total. The topological polar surface area (TPSA) is 103 Å². The summed E-state index contributed by atoms with van der Waals surface area (Å²) in [5.41, 5.74) is 4.71. The maximum Gasteiger partial charge on any atom is 0.148 e. The van der Waals surface area contributed by atoms with E-state index in [2.05, 4.69) is 25.4 Å². The van der Waals surface area contributed by atoms with Crippen molar-refractivity contribution in [3.63, 3.8) is 0 Å². The summed E-state index contributed by atoms with van der Waals surface area (Å²) in [6.07, 6.45) is 5.52. The van der Waals surface area contributed by atoms with Gasteiger partial charge in [-0.15, -0.1) is 0 Å². The standard InChI is InChI=1S/C22H18ClN7O/c1-12-27-16-3-2-15(6-18(16)28-12)31-20-5-4-17-22(21(20)23)29-19(9-25-17)13-7-26-30(10-13)11-14-8-24-14/h2-7,9-10,14,24H,8,11H2,1H3,(H,27,28). The van der Waals surface area contributed by atoms with Gasteiger partial charge >= 0.3 is 0 Å². The summed E-state index contributed by atoms with van der Waals surface area (Å²) in [4.78, 5) is 16.9. The number of imidazole rings is 1. The van der Waals surface area contributed by atoms with E-state index in [1.54, 1.807) is 12.4 Å². The molecule has 6 rings (SSSR count). The molecule has 2 aromatic carbocycles. The van der Waals surface area contributed by atoms with E-state index in [0.29, 0.717) is 33.6 Å². The van der Waals surface area contributed by atoms with Gasteiger partial charge in [0.15, 0.2) is 0 Å². The predicted molar refractivity (Wildman–Crippen MR) is 118 cm³/mol. The number of hydrogen-bond donors (Lipinski definition) is 2. The highest BCUT2D eigenvalue weighted by molar-refractivity contribution is 6.36. The molecule has 31 heavy (non-hydrogen) atoms. The molecule has 0 saturated carbocycles. The van der Waals surface area contributed by atoms with Crippen LogP contribution < -0.4 is 10.1 Å². The lowest BCUT2D eigenvalue weighted by molar-refractivity contribution is 0.484. The maximum atomic E-state index is 6.68. The summed E-state index contributed by atoms with van der Waals surface area (Å²) in [5, 5.41) is 8.11. The number of nitrogens with zero attached hydrogens (tertiary/aromatic N) is 5. The van der Waals surface area contributed by atoms with Gasteiger partial charge < -0.3 is 15.0 Å². The Balaban J connectivity index is 1.34. The fourth-order valence-electron chi connectivity index (χ4n) is 3.58. The molecular formula is C22H18ClN7O. The number of halogens is 1. The fourth-order valence-corrected chi connectivity index (χ4v) is 3.83. The molecule has 0 amide bonds. The smallest absolute Gasteiger partial charge is 0.148 e. The molecule has 1 unspecified atom stereocenters. The molecule has 4 heterocycles. The molecule has 1 aliphatic rings. The lowest BCUT2D eigenvalue weighted by Crippen LogP contribution is -2.06. The third kappa shape index (κ3) is 3.49. The number of aromatic amines is 1. The summed E-state index contributed by atoms with van der Waals surface area (Å²) < 4.78 is 7.98. The molecule has 0 bridgehead atoms. The van der Waals surface area contributed by atoms with Crippen molar-refractivity contribution in [3.8, 4) is 22.8 Å². The minimum absolute atomic E-state index is 0.419. The van der Waals surface area contributed by atoms with E-state index < -0.39 is 0 Å². The third-order valence-electron chi connectivity index (χ3n) is 5.25. The van der Waals surface area contributed by atoms with Gasteiger partial charge in [0.05, 0.1) is 41.2 Å². The van der Waals surface area contributed by atoms with Gasteiger partial charge in [0.2, 0.25) is 0 Å². The Morgan fingerprint density at radius 2 is 2.03 bits per heavy atom. The number of benzene rings is 2. The van der Waals surface area contributed by atoms with E-state index in [1.165, 1.54) is 0 Å². The molecule has 9 heteroatoms.